The average Bonchev–Trinajstić information content (AvgIpc) is 2.06. The molecule has 0 spiro atoms. The molecule has 1 aromatic rings. The first-order chi connectivity index (χ1) is 6.59. The Morgan fingerprint density at radius 2 is 1.29 bits per heavy atom. The summed E-state index contributed by atoms with van der Waals surface area (Å²) in [5.74, 6) is -0.291. The minimum absolute atomic E-state index is 0.145. The van der Waals surface area contributed by atoms with Gasteiger partial charge in [0.15, 0.2) is 0 Å². The third kappa shape index (κ3) is 3.67. The molecule has 0 saturated carbocycles. The van der Waals surface area contributed by atoms with Crippen LogP contribution in [0.25, 0.3) is 0 Å². The Morgan fingerprint density at radius 1 is 0.929 bits per heavy atom. The second-order valence-corrected chi connectivity index (χ2v) is 4.46. The van der Waals surface area contributed by atoms with Gasteiger partial charge in [0.1, 0.15) is 0 Å². The Morgan fingerprint density at radius 3 is 1.57 bits per heavy atom. The van der Waals surface area contributed by atoms with Crippen molar-refractivity contribution in [3.63, 3.8) is 0 Å². The maximum Gasteiger partial charge on any atom is 0.0356 e. The molecular weight excluding hydrogens is 224 g/mol. The molecule has 0 radical (unpaired) electrons. The lowest BCUT2D eigenvalue weighted by Crippen LogP contribution is -2.01. The maximum atomic E-state index is 10.5. The van der Waals surface area contributed by atoms with Crippen molar-refractivity contribution in [3.8, 4) is 0 Å². The van der Waals surface area contributed by atoms with E-state index < -0.39 is 22.2 Å². The Labute approximate surface area is 86.9 Å². The molecular formula is C8H8O4S2-2. The van der Waals surface area contributed by atoms with Gasteiger partial charge in [0.25, 0.3) is 0 Å². The first-order valence-corrected chi connectivity index (χ1v) is 6.27. The van der Waals surface area contributed by atoms with Gasteiger partial charge in [0, 0.05) is 11.5 Å². The molecule has 1 aromatic carbocycles. The Kier molecular flexibility index (Phi) is 4.40. The molecule has 0 N–H and O–H groups in total. The van der Waals surface area contributed by atoms with E-state index in [1.807, 2.05) is 0 Å². The number of benzene rings is 1. The van der Waals surface area contributed by atoms with Gasteiger partial charge in [0.2, 0.25) is 0 Å². The summed E-state index contributed by atoms with van der Waals surface area (Å²) in [5.41, 5.74) is 1.06. The summed E-state index contributed by atoms with van der Waals surface area (Å²) in [5, 5.41) is 0. The molecule has 0 bridgehead atoms. The Bertz CT molecular complexity index is 329. The predicted molar refractivity (Wildman–Crippen MR) is 51.7 cm³/mol. The van der Waals surface area contributed by atoms with Gasteiger partial charge in [-0.05, 0) is 11.1 Å². The zero-order valence-electron chi connectivity index (χ0n) is 7.17. The first kappa shape index (κ1) is 11.5. The fourth-order valence-corrected chi connectivity index (χ4v) is 2.16. The Balaban J connectivity index is 2.90. The van der Waals surface area contributed by atoms with Crippen LogP contribution in [0.15, 0.2) is 24.3 Å². The zero-order chi connectivity index (χ0) is 10.6. The van der Waals surface area contributed by atoms with E-state index in [9.17, 15) is 17.5 Å². The summed E-state index contributed by atoms with van der Waals surface area (Å²) in [4.78, 5) is 0. The van der Waals surface area contributed by atoms with Crippen molar-refractivity contribution in [2.75, 3.05) is 0 Å². The van der Waals surface area contributed by atoms with Crippen LogP contribution >= 0.6 is 0 Å². The highest BCUT2D eigenvalue weighted by molar-refractivity contribution is 7.78. The molecule has 2 atom stereocenters. The lowest BCUT2D eigenvalue weighted by atomic mass is 10.1. The Hall–Kier alpha value is -0.560. The standard InChI is InChI=1S/C8H10O4S2/c9-13(10)5-7-3-1-2-4-8(7)6-14(11)12/h1-4H,5-6H2,(H,9,10)(H,11,12)/p-2. The normalized spacial score (nSPS) is 15.0. The van der Waals surface area contributed by atoms with E-state index in [1.54, 1.807) is 24.3 Å². The third-order valence-corrected chi connectivity index (χ3v) is 2.76. The van der Waals surface area contributed by atoms with E-state index in [0.717, 1.165) is 0 Å². The van der Waals surface area contributed by atoms with E-state index in [4.69, 9.17) is 0 Å². The first-order valence-electron chi connectivity index (χ1n) is 3.78. The number of hydrogen-bond donors (Lipinski definition) is 0. The van der Waals surface area contributed by atoms with Gasteiger partial charge < -0.3 is 9.11 Å². The summed E-state index contributed by atoms with van der Waals surface area (Å²) in [6.45, 7) is 0. The largest absolute Gasteiger partial charge is 0.772 e. The highest BCUT2D eigenvalue weighted by Crippen LogP contribution is 2.12. The SMILES string of the molecule is O=S([O-])Cc1ccccc1CS(=O)[O-]. The van der Waals surface area contributed by atoms with Crippen LogP contribution < -0.4 is 0 Å². The van der Waals surface area contributed by atoms with Crippen LogP contribution in [0.2, 0.25) is 0 Å². The molecule has 14 heavy (non-hydrogen) atoms. The molecule has 0 aliphatic rings. The fraction of sp³-hybridized carbons (Fsp3) is 0.250. The highest BCUT2D eigenvalue weighted by Gasteiger charge is 2.01. The van der Waals surface area contributed by atoms with Gasteiger partial charge in [-0.3, -0.25) is 8.42 Å². The molecule has 0 aliphatic heterocycles. The van der Waals surface area contributed by atoms with Crippen molar-refractivity contribution >= 4 is 22.2 Å². The van der Waals surface area contributed by atoms with Gasteiger partial charge in [0.05, 0.1) is 0 Å². The van der Waals surface area contributed by atoms with Crippen LogP contribution in [0.3, 0.4) is 0 Å². The van der Waals surface area contributed by atoms with Crippen LogP contribution in [-0.2, 0) is 33.7 Å². The molecule has 0 aliphatic carbocycles. The molecule has 0 fully saturated rings. The molecule has 4 nitrogen and oxygen atoms in total. The zero-order valence-corrected chi connectivity index (χ0v) is 8.81. The molecule has 1 rings (SSSR count). The van der Waals surface area contributed by atoms with Gasteiger partial charge in [-0.25, -0.2) is 0 Å². The van der Waals surface area contributed by atoms with Crippen LogP contribution in [0.5, 0.6) is 0 Å². The van der Waals surface area contributed by atoms with Crippen LogP contribution in [0, 0.1) is 0 Å². The second-order valence-electron chi connectivity index (χ2n) is 2.66. The summed E-state index contributed by atoms with van der Waals surface area (Å²) in [6.07, 6.45) is 0. The van der Waals surface area contributed by atoms with E-state index in [1.165, 1.54) is 0 Å². The van der Waals surface area contributed by atoms with Crippen LogP contribution in [0.4, 0.5) is 0 Å². The van der Waals surface area contributed by atoms with Crippen LogP contribution in [-0.4, -0.2) is 17.5 Å². The molecule has 0 aromatic heterocycles. The van der Waals surface area contributed by atoms with Crippen LogP contribution in [0.1, 0.15) is 11.1 Å². The lowest BCUT2D eigenvalue weighted by molar-refractivity contribution is 0.532. The van der Waals surface area contributed by atoms with Gasteiger partial charge in [-0.15, -0.1) is 0 Å². The molecule has 0 heterocycles. The minimum atomic E-state index is -2.19. The van der Waals surface area contributed by atoms with Crippen molar-refractivity contribution in [1.82, 2.24) is 0 Å². The van der Waals surface area contributed by atoms with Gasteiger partial charge in [-0.1, -0.05) is 46.4 Å². The van der Waals surface area contributed by atoms with E-state index in [-0.39, 0.29) is 11.5 Å². The molecule has 0 saturated heterocycles. The summed E-state index contributed by atoms with van der Waals surface area (Å²) >= 11 is -4.39. The average molecular weight is 232 g/mol. The van der Waals surface area contributed by atoms with Crippen molar-refractivity contribution in [3.05, 3.63) is 35.4 Å². The maximum absolute atomic E-state index is 10.5. The quantitative estimate of drug-likeness (QED) is 0.706. The lowest BCUT2D eigenvalue weighted by Gasteiger charge is -2.12. The highest BCUT2D eigenvalue weighted by atomic mass is 32.2. The van der Waals surface area contributed by atoms with E-state index in [0.29, 0.717) is 11.1 Å². The summed E-state index contributed by atoms with van der Waals surface area (Å²) < 4.78 is 41.8. The minimum Gasteiger partial charge on any atom is -0.772 e. The van der Waals surface area contributed by atoms with Crippen molar-refractivity contribution < 1.29 is 17.5 Å². The second kappa shape index (κ2) is 5.35. The van der Waals surface area contributed by atoms with Gasteiger partial charge in [-0.2, -0.15) is 0 Å². The smallest absolute Gasteiger partial charge is 0.0356 e. The molecule has 2 unspecified atom stereocenters. The fourth-order valence-electron chi connectivity index (χ4n) is 1.09. The number of hydrogen-bond acceptors (Lipinski definition) is 4. The summed E-state index contributed by atoms with van der Waals surface area (Å²) in [6, 6.07) is 6.58. The predicted octanol–water partition coefficient (Wildman–Crippen LogP) is 0.445. The van der Waals surface area contributed by atoms with Crippen molar-refractivity contribution in [2.24, 2.45) is 0 Å². The molecule has 0 amide bonds. The summed E-state index contributed by atoms with van der Waals surface area (Å²) in [7, 11) is 0. The topological polar surface area (TPSA) is 80.3 Å². The monoisotopic (exact) mass is 232 g/mol. The van der Waals surface area contributed by atoms with Crippen molar-refractivity contribution in [2.45, 2.75) is 11.5 Å². The van der Waals surface area contributed by atoms with E-state index >= 15 is 0 Å². The molecule has 6 heteroatoms. The van der Waals surface area contributed by atoms with Crippen molar-refractivity contribution in [1.29, 1.82) is 0 Å². The number of rotatable bonds is 4. The van der Waals surface area contributed by atoms with Gasteiger partial charge >= 0.3 is 0 Å². The molecule has 78 valence electrons. The van der Waals surface area contributed by atoms with E-state index in [2.05, 4.69) is 0 Å². The third-order valence-electron chi connectivity index (χ3n) is 1.67.